The van der Waals surface area contributed by atoms with Gasteiger partial charge in [-0.05, 0) is 52.2 Å². The number of hydrogen-bond donors (Lipinski definition) is 0. The van der Waals surface area contributed by atoms with Crippen molar-refractivity contribution in [2.45, 2.75) is 25.0 Å². The Bertz CT molecular complexity index is 1450. The van der Waals surface area contributed by atoms with Crippen LogP contribution in [0.15, 0.2) is 53.5 Å². The molecule has 35 heavy (non-hydrogen) atoms. The molecule has 3 aliphatic rings. The van der Waals surface area contributed by atoms with Gasteiger partial charge in [0.15, 0.2) is 5.82 Å². The van der Waals surface area contributed by atoms with Crippen molar-refractivity contribution in [3.63, 3.8) is 0 Å². The van der Waals surface area contributed by atoms with Crippen molar-refractivity contribution in [3.05, 3.63) is 70.5 Å². The van der Waals surface area contributed by atoms with Crippen LogP contribution in [-0.4, -0.2) is 56.8 Å². The highest BCUT2D eigenvalue weighted by Gasteiger charge is 2.44. The monoisotopic (exact) mass is 533 g/mol. The molecule has 8 nitrogen and oxygen atoms in total. The SMILES string of the molecule is COc1ncc(CN2C3CC2CN(c2ccc(-c4cc(Br)cn5ncc(C#N)c45)cn2)C3)cc1F. The van der Waals surface area contributed by atoms with Crippen LogP contribution in [0.3, 0.4) is 0 Å². The van der Waals surface area contributed by atoms with Crippen molar-refractivity contribution in [1.29, 1.82) is 5.26 Å². The number of rotatable bonds is 5. The fourth-order valence-electron chi connectivity index (χ4n) is 5.17. The summed E-state index contributed by atoms with van der Waals surface area (Å²) in [6, 6.07) is 10.6. The highest BCUT2D eigenvalue weighted by atomic mass is 79.9. The van der Waals surface area contributed by atoms with Crippen LogP contribution in [0.25, 0.3) is 16.6 Å². The number of hydrogen-bond acceptors (Lipinski definition) is 7. The molecule has 7 heterocycles. The zero-order valence-corrected chi connectivity index (χ0v) is 20.5. The first-order chi connectivity index (χ1) is 17.0. The molecule has 0 saturated carbocycles. The maximum Gasteiger partial charge on any atom is 0.250 e. The van der Waals surface area contributed by atoms with Gasteiger partial charge in [-0.15, -0.1) is 0 Å². The van der Waals surface area contributed by atoms with Gasteiger partial charge >= 0.3 is 0 Å². The molecule has 0 amide bonds. The van der Waals surface area contributed by atoms with E-state index in [-0.39, 0.29) is 5.88 Å². The molecule has 2 unspecified atom stereocenters. The summed E-state index contributed by atoms with van der Waals surface area (Å²) in [5.41, 5.74) is 3.98. The van der Waals surface area contributed by atoms with Gasteiger partial charge in [0.05, 0.1) is 24.4 Å². The third kappa shape index (κ3) is 3.81. The number of methoxy groups -OCH3 is 1. The van der Waals surface area contributed by atoms with Crippen LogP contribution in [0.1, 0.15) is 17.5 Å². The molecule has 2 atom stereocenters. The van der Waals surface area contributed by atoms with E-state index in [2.05, 4.69) is 41.9 Å². The predicted octanol–water partition coefficient (Wildman–Crippen LogP) is 4.04. The minimum absolute atomic E-state index is 0.0268. The lowest BCUT2D eigenvalue weighted by atomic mass is 9.87. The lowest BCUT2D eigenvalue weighted by molar-refractivity contribution is -0.00884. The summed E-state index contributed by atoms with van der Waals surface area (Å²) in [5, 5.41) is 13.8. The Morgan fingerprint density at radius 3 is 2.69 bits per heavy atom. The Labute approximate surface area is 209 Å². The van der Waals surface area contributed by atoms with Crippen LogP contribution >= 0.6 is 15.9 Å². The van der Waals surface area contributed by atoms with Crippen molar-refractivity contribution in [1.82, 2.24) is 24.5 Å². The van der Waals surface area contributed by atoms with Crippen LogP contribution in [0.2, 0.25) is 0 Å². The number of fused-ring (bicyclic) bond motifs is 3. The van der Waals surface area contributed by atoms with E-state index < -0.39 is 5.82 Å². The molecule has 0 aromatic carbocycles. The molecule has 0 N–H and O–H groups in total. The smallest absolute Gasteiger partial charge is 0.250 e. The van der Waals surface area contributed by atoms with Gasteiger partial charge in [-0.1, -0.05) is 0 Å². The first-order valence-corrected chi connectivity index (χ1v) is 12.1. The molecular weight excluding hydrogens is 513 g/mol. The molecule has 7 rings (SSSR count). The second-order valence-corrected chi connectivity index (χ2v) is 9.81. The van der Waals surface area contributed by atoms with E-state index in [4.69, 9.17) is 9.72 Å². The fourth-order valence-corrected chi connectivity index (χ4v) is 5.59. The Morgan fingerprint density at radius 2 is 2.00 bits per heavy atom. The molecule has 4 aromatic rings. The van der Waals surface area contributed by atoms with E-state index in [1.165, 1.54) is 13.2 Å². The maximum atomic E-state index is 14.0. The summed E-state index contributed by atoms with van der Waals surface area (Å²) in [6.45, 7) is 2.42. The quantitative estimate of drug-likeness (QED) is 0.382. The average molecular weight is 534 g/mol. The van der Waals surface area contributed by atoms with E-state index >= 15 is 0 Å². The summed E-state index contributed by atoms with van der Waals surface area (Å²) in [7, 11) is 1.42. The van der Waals surface area contributed by atoms with E-state index in [0.29, 0.717) is 24.2 Å². The standard InChI is InChI=1S/C25H21BrFN7O/c1-35-25-22(27)4-15(8-30-25)11-33-19-6-20(33)14-32(13-19)23-3-2-16(9-29-23)21-5-18(26)12-34-24(21)17(7-28)10-31-34/h2-5,8-10,12,19-20H,6,11,13-14H2,1H3. The predicted molar refractivity (Wildman–Crippen MR) is 132 cm³/mol. The van der Waals surface area contributed by atoms with Gasteiger partial charge in [0.1, 0.15) is 11.9 Å². The topological polar surface area (TPSA) is 82.6 Å². The van der Waals surface area contributed by atoms with Crippen molar-refractivity contribution < 1.29 is 9.13 Å². The second kappa shape index (κ2) is 8.59. The summed E-state index contributed by atoms with van der Waals surface area (Å²) in [6.07, 6.45) is 8.09. The number of pyridine rings is 3. The van der Waals surface area contributed by atoms with Crippen LogP contribution < -0.4 is 9.64 Å². The van der Waals surface area contributed by atoms with Crippen LogP contribution in [0, 0.1) is 17.1 Å². The van der Waals surface area contributed by atoms with Gasteiger partial charge < -0.3 is 9.64 Å². The molecular formula is C25H21BrFN7O. The second-order valence-electron chi connectivity index (χ2n) is 8.90. The number of piperazine rings is 1. The molecule has 3 fully saturated rings. The Hall–Kier alpha value is -3.55. The van der Waals surface area contributed by atoms with Crippen LogP contribution in [0.5, 0.6) is 5.88 Å². The van der Waals surface area contributed by atoms with Gasteiger partial charge in [-0.2, -0.15) is 10.4 Å². The third-order valence-corrected chi connectivity index (χ3v) is 7.28. The number of ether oxygens (including phenoxy) is 1. The minimum Gasteiger partial charge on any atom is -0.479 e. The van der Waals surface area contributed by atoms with E-state index in [1.54, 1.807) is 16.9 Å². The number of piperidine rings is 1. The normalized spacial score (nSPS) is 19.4. The summed E-state index contributed by atoms with van der Waals surface area (Å²) < 4.78 is 21.5. The zero-order valence-electron chi connectivity index (χ0n) is 18.9. The van der Waals surface area contributed by atoms with E-state index in [0.717, 1.165) is 52.0 Å². The Kier molecular flexibility index (Phi) is 5.39. The highest BCUT2D eigenvalue weighted by Crippen LogP contribution is 2.36. The zero-order chi connectivity index (χ0) is 24.1. The molecule has 0 spiro atoms. The summed E-state index contributed by atoms with van der Waals surface area (Å²) in [4.78, 5) is 13.5. The maximum absolute atomic E-state index is 14.0. The number of nitriles is 1. The van der Waals surface area contributed by atoms with Gasteiger partial charge in [0, 0.05) is 65.9 Å². The average Bonchev–Trinajstić information content (AvgIpc) is 3.30. The first-order valence-electron chi connectivity index (χ1n) is 11.3. The van der Waals surface area contributed by atoms with E-state index in [9.17, 15) is 9.65 Å². The third-order valence-electron chi connectivity index (χ3n) is 6.85. The van der Waals surface area contributed by atoms with Crippen LogP contribution in [0.4, 0.5) is 10.2 Å². The first kappa shape index (κ1) is 21.9. The molecule has 3 aliphatic heterocycles. The largest absolute Gasteiger partial charge is 0.479 e. The van der Waals surface area contributed by atoms with Crippen molar-refractivity contribution in [3.8, 4) is 23.1 Å². The molecule has 0 radical (unpaired) electrons. The van der Waals surface area contributed by atoms with Crippen molar-refractivity contribution >= 4 is 27.3 Å². The molecule has 10 heteroatoms. The van der Waals surface area contributed by atoms with Gasteiger partial charge in [-0.3, -0.25) is 4.90 Å². The highest BCUT2D eigenvalue weighted by molar-refractivity contribution is 9.10. The van der Waals surface area contributed by atoms with Crippen molar-refractivity contribution in [2.75, 3.05) is 25.1 Å². The number of nitrogens with zero attached hydrogens (tertiary/aromatic N) is 7. The minimum atomic E-state index is -0.429. The fraction of sp³-hybridized carbons (Fsp3) is 0.280. The molecule has 2 bridgehead atoms. The number of halogens is 2. The van der Waals surface area contributed by atoms with Crippen molar-refractivity contribution in [2.24, 2.45) is 0 Å². The van der Waals surface area contributed by atoms with Crippen LogP contribution in [-0.2, 0) is 6.54 Å². The summed E-state index contributed by atoms with van der Waals surface area (Å²) >= 11 is 3.53. The van der Waals surface area contributed by atoms with Gasteiger partial charge in [-0.25, -0.2) is 18.9 Å². The lowest BCUT2D eigenvalue weighted by Crippen LogP contribution is -2.68. The lowest BCUT2D eigenvalue weighted by Gasteiger charge is -2.56. The Balaban J connectivity index is 1.18. The number of anilines is 1. The molecule has 4 aromatic heterocycles. The molecule has 176 valence electrons. The van der Waals surface area contributed by atoms with Gasteiger partial charge in [0.2, 0.25) is 5.88 Å². The number of aromatic nitrogens is 4. The summed E-state index contributed by atoms with van der Waals surface area (Å²) in [5.74, 6) is 0.529. The van der Waals surface area contributed by atoms with Gasteiger partial charge in [0.25, 0.3) is 0 Å². The van der Waals surface area contributed by atoms with E-state index in [1.807, 2.05) is 30.6 Å². The molecule has 3 saturated heterocycles. The Morgan fingerprint density at radius 1 is 1.17 bits per heavy atom. The molecule has 0 aliphatic carbocycles.